The molecule has 5 nitrogen and oxygen atoms in total. The molecule has 0 bridgehead atoms. The van der Waals surface area contributed by atoms with Gasteiger partial charge in [0.25, 0.3) is 0 Å². The topological polar surface area (TPSA) is 75.4 Å². The van der Waals surface area contributed by atoms with Gasteiger partial charge in [0.15, 0.2) is 0 Å². The number of hydrogen-bond donors (Lipinski definition) is 2. The third-order valence-corrected chi connectivity index (χ3v) is 3.21. The maximum atomic E-state index is 12.0. The number of amides is 2. The molecule has 0 saturated heterocycles. The Morgan fingerprint density at radius 1 is 1.33 bits per heavy atom. The molecule has 1 atom stereocenters. The summed E-state index contributed by atoms with van der Waals surface area (Å²) in [5.41, 5.74) is 7.52. The normalized spacial score (nSPS) is 12.1. The van der Waals surface area contributed by atoms with Crippen molar-refractivity contribution in [2.24, 2.45) is 11.7 Å². The van der Waals surface area contributed by atoms with E-state index in [1.54, 1.807) is 11.9 Å². The molecule has 0 aliphatic carbocycles. The molecule has 116 valence electrons. The summed E-state index contributed by atoms with van der Waals surface area (Å²) in [5.74, 6) is 0.200. The number of rotatable bonds is 6. The van der Waals surface area contributed by atoms with Crippen LogP contribution in [0.5, 0.6) is 0 Å². The average Bonchev–Trinajstić information content (AvgIpc) is 2.38. The molecule has 0 fully saturated rings. The first-order valence-electron chi connectivity index (χ1n) is 7.16. The lowest BCUT2D eigenvalue weighted by molar-refractivity contribution is -0.128. The molecule has 0 aliphatic rings. The zero-order valence-electron chi connectivity index (χ0n) is 13.2. The summed E-state index contributed by atoms with van der Waals surface area (Å²) in [7, 11) is 1.74. The number of benzene rings is 1. The van der Waals surface area contributed by atoms with Crippen molar-refractivity contribution in [1.29, 1.82) is 0 Å². The van der Waals surface area contributed by atoms with Gasteiger partial charge < -0.3 is 16.0 Å². The van der Waals surface area contributed by atoms with E-state index >= 15 is 0 Å². The Labute approximate surface area is 126 Å². The second kappa shape index (κ2) is 7.78. The minimum Gasteiger partial charge on any atom is -0.342 e. The monoisotopic (exact) mass is 291 g/mol. The zero-order chi connectivity index (χ0) is 16.0. The van der Waals surface area contributed by atoms with E-state index in [9.17, 15) is 9.59 Å². The summed E-state index contributed by atoms with van der Waals surface area (Å²) in [5, 5.41) is 2.82. The summed E-state index contributed by atoms with van der Waals surface area (Å²) >= 11 is 0. The minimum atomic E-state index is -0.506. The fourth-order valence-electron chi connectivity index (χ4n) is 1.98. The lowest BCUT2D eigenvalue weighted by atomic mass is 10.0. The molecule has 0 radical (unpaired) electrons. The molecule has 3 N–H and O–H groups in total. The molecule has 1 aromatic rings. The molecule has 1 aromatic carbocycles. The van der Waals surface area contributed by atoms with Crippen LogP contribution in [0.4, 0.5) is 5.69 Å². The molecule has 0 spiro atoms. The Morgan fingerprint density at radius 2 is 2.00 bits per heavy atom. The highest BCUT2D eigenvalue weighted by atomic mass is 16.2. The lowest BCUT2D eigenvalue weighted by Gasteiger charge is -2.17. The highest BCUT2D eigenvalue weighted by Crippen LogP contribution is 2.13. The van der Waals surface area contributed by atoms with Crippen molar-refractivity contribution in [3.05, 3.63) is 29.8 Å². The number of carbonyl (C=O) groups is 2. The van der Waals surface area contributed by atoms with Gasteiger partial charge in [-0.3, -0.25) is 9.59 Å². The first-order chi connectivity index (χ1) is 9.79. The fraction of sp³-hybridized carbons (Fsp3) is 0.500. The van der Waals surface area contributed by atoms with Gasteiger partial charge in [0, 0.05) is 26.2 Å². The van der Waals surface area contributed by atoms with Crippen molar-refractivity contribution in [2.45, 2.75) is 39.8 Å². The van der Waals surface area contributed by atoms with E-state index in [2.05, 4.69) is 5.32 Å². The van der Waals surface area contributed by atoms with Crippen molar-refractivity contribution >= 4 is 17.5 Å². The molecule has 0 heterocycles. The molecule has 1 rings (SSSR count). The molecule has 0 saturated carbocycles. The summed E-state index contributed by atoms with van der Waals surface area (Å²) in [4.78, 5) is 24.8. The molecule has 5 heteroatoms. The van der Waals surface area contributed by atoms with Gasteiger partial charge in [0.05, 0.1) is 6.04 Å². The van der Waals surface area contributed by atoms with E-state index in [4.69, 9.17) is 5.73 Å². The summed E-state index contributed by atoms with van der Waals surface area (Å²) < 4.78 is 0. The first kappa shape index (κ1) is 17.2. The predicted molar refractivity (Wildman–Crippen MR) is 84.7 cm³/mol. The number of hydrogen-bond acceptors (Lipinski definition) is 3. The number of nitrogens with one attached hydrogen (secondary N) is 1. The van der Waals surface area contributed by atoms with Gasteiger partial charge in [-0.25, -0.2) is 0 Å². The Bertz CT molecular complexity index is 500. The first-order valence-corrected chi connectivity index (χ1v) is 7.16. The molecular formula is C16H25N3O2. The summed E-state index contributed by atoms with van der Waals surface area (Å²) in [6.45, 7) is 6.10. The van der Waals surface area contributed by atoms with Crippen LogP contribution in [0.3, 0.4) is 0 Å². The van der Waals surface area contributed by atoms with Crippen LogP contribution in [-0.2, 0) is 16.1 Å². The summed E-state index contributed by atoms with van der Waals surface area (Å²) in [6, 6.07) is 6.95. The second-order valence-electron chi connectivity index (χ2n) is 5.80. The van der Waals surface area contributed by atoms with Gasteiger partial charge in [-0.15, -0.1) is 0 Å². The number of nitrogens with two attached hydrogens (primary N) is 1. The Kier molecular flexibility index (Phi) is 6.37. The van der Waals surface area contributed by atoms with Crippen LogP contribution in [-0.4, -0.2) is 29.8 Å². The number of nitrogens with zero attached hydrogens (tertiary/aromatic N) is 1. The van der Waals surface area contributed by atoms with Crippen molar-refractivity contribution in [1.82, 2.24) is 4.90 Å². The van der Waals surface area contributed by atoms with E-state index in [1.807, 2.05) is 38.1 Å². The highest BCUT2D eigenvalue weighted by Gasteiger charge is 2.15. The van der Waals surface area contributed by atoms with Crippen LogP contribution in [0, 0.1) is 5.92 Å². The van der Waals surface area contributed by atoms with Crippen molar-refractivity contribution in [3.8, 4) is 0 Å². The van der Waals surface area contributed by atoms with Crippen molar-refractivity contribution < 1.29 is 9.59 Å². The maximum absolute atomic E-state index is 12.0. The molecule has 0 aromatic heterocycles. The average molecular weight is 291 g/mol. The predicted octanol–water partition coefficient (Wildman–Crippen LogP) is 1.98. The van der Waals surface area contributed by atoms with Crippen LogP contribution in [0.2, 0.25) is 0 Å². The highest BCUT2D eigenvalue weighted by molar-refractivity contribution is 5.94. The fourth-order valence-corrected chi connectivity index (χ4v) is 1.98. The molecule has 21 heavy (non-hydrogen) atoms. The molecule has 2 amide bonds. The van der Waals surface area contributed by atoms with Gasteiger partial charge in [-0.2, -0.15) is 0 Å². The molecule has 0 unspecified atom stereocenters. The Hall–Kier alpha value is -1.88. The van der Waals surface area contributed by atoms with E-state index in [0.29, 0.717) is 24.6 Å². The maximum Gasteiger partial charge on any atom is 0.241 e. The van der Waals surface area contributed by atoms with E-state index in [0.717, 1.165) is 5.56 Å². The Balaban J connectivity index is 2.68. The third kappa shape index (κ3) is 5.95. The molecular weight excluding hydrogens is 266 g/mol. The number of anilines is 1. The van der Waals surface area contributed by atoms with Crippen molar-refractivity contribution in [3.63, 3.8) is 0 Å². The quantitative estimate of drug-likeness (QED) is 0.841. The van der Waals surface area contributed by atoms with Crippen LogP contribution in [0.25, 0.3) is 0 Å². The van der Waals surface area contributed by atoms with E-state index < -0.39 is 6.04 Å². The summed E-state index contributed by atoms with van der Waals surface area (Å²) in [6.07, 6.45) is 0.651. The zero-order valence-corrected chi connectivity index (χ0v) is 13.2. The van der Waals surface area contributed by atoms with Crippen LogP contribution < -0.4 is 11.1 Å². The van der Waals surface area contributed by atoms with Gasteiger partial charge in [0.2, 0.25) is 11.8 Å². The largest absolute Gasteiger partial charge is 0.342 e. The minimum absolute atomic E-state index is 0.00314. The van der Waals surface area contributed by atoms with E-state index in [1.165, 1.54) is 6.92 Å². The van der Waals surface area contributed by atoms with Crippen LogP contribution in [0.1, 0.15) is 32.8 Å². The van der Waals surface area contributed by atoms with Gasteiger partial charge in [0.1, 0.15) is 0 Å². The lowest BCUT2D eigenvalue weighted by Crippen LogP contribution is -2.36. The third-order valence-electron chi connectivity index (χ3n) is 3.21. The van der Waals surface area contributed by atoms with Crippen LogP contribution >= 0.6 is 0 Å². The standard InChI is InChI=1S/C16H25N3O2/c1-11(2)8-15(17)16(21)18-14-7-5-6-13(9-14)10-19(4)12(3)20/h5-7,9,11,15H,8,10,17H2,1-4H3,(H,18,21)/t15-/m1/s1. The van der Waals surface area contributed by atoms with Gasteiger partial charge in [-0.1, -0.05) is 26.0 Å². The van der Waals surface area contributed by atoms with Crippen molar-refractivity contribution in [2.75, 3.05) is 12.4 Å². The number of carbonyl (C=O) groups excluding carboxylic acids is 2. The smallest absolute Gasteiger partial charge is 0.241 e. The Morgan fingerprint density at radius 3 is 2.57 bits per heavy atom. The SMILES string of the molecule is CC(=O)N(C)Cc1cccc(NC(=O)[C@H](N)CC(C)C)c1. The van der Waals surface area contributed by atoms with Gasteiger partial charge >= 0.3 is 0 Å². The second-order valence-corrected chi connectivity index (χ2v) is 5.80. The molecule has 0 aliphatic heterocycles. The van der Waals surface area contributed by atoms with E-state index in [-0.39, 0.29) is 11.8 Å². The van der Waals surface area contributed by atoms with Crippen LogP contribution in [0.15, 0.2) is 24.3 Å². The van der Waals surface area contributed by atoms with Gasteiger partial charge in [-0.05, 0) is 30.0 Å².